The van der Waals surface area contributed by atoms with Gasteiger partial charge in [0.05, 0.1) is 58.7 Å². The fraction of sp³-hybridized carbons (Fsp3) is 0.568. The summed E-state index contributed by atoms with van der Waals surface area (Å²) in [5.74, 6) is -4.40. The molecule has 3 fully saturated rings. The van der Waals surface area contributed by atoms with Crippen molar-refractivity contribution < 1.29 is 37.4 Å². The molecule has 3 aromatic heterocycles. The van der Waals surface area contributed by atoms with Gasteiger partial charge < -0.3 is 33.9 Å². The number of piperazine rings is 1. The molecule has 61 heavy (non-hydrogen) atoms. The number of carbonyl (C=O) groups is 3. The van der Waals surface area contributed by atoms with Crippen molar-refractivity contribution in [1.82, 2.24) is 35.2 Å². The van der Waals surface area contributed by atoms with E-state index >= 15 is 0 Å². The number of anilines is 1. The summed E-state index contributed by atoms with van der Waals surface area (Å²) in [6.45, 7) is 12.4. The lowest BCUT2D eigenvalue weighted by molar-refractivity contribution is -0.155. The van der Waals surface area contributed by atoms with Crippen LogP contribution in [0, 0.1) is 10.8 Å². The number of hydrogen-bond acceptors (Lipinski definition) is 12. The van der Waals surface area contributed by atoms with E-state index in [0.717, 1.165) is 70.8 Å². The molecule has 5 aliphatic rings. The van der Waals surface area contributed by atoms with Crippen molar-refractivity contribution in [3.8, 4) is 28.3 Å². The van der Waals surface area contributed by atoms with Crippen LogP contribution in [0.4, 0.5) is 14.5 Å². The SMILES string of the molecule is CO[C@@H](C)c1ncc(N2CCN(C)CC2)cc1-c1c2c3cc(cc4c3n1CCO4)-c1csc(n1)C[C@H](NC(=O)C1(C)CC1(F)F)C(=O)N1CCC[C@H](N1)C(=O)OCC(C)(C)C2. The van der Waals surface area contributed by atoms with E-state index in [1.807, 2.05) is 24.6 Å². The number of amides is 2. The Morgan fingerprint density at radius 3 is 2.59 bits per heavy atom. The molecule has 4 aromatic rings. The highest BCUT2D eigenvalue weighted by Gasteiger charge is 2.72. The minimum atomic E-state index is -3.16. The van der Waals surface area contributed by atoms with Crippen molar-refractivity contribution in [3.63, 3.8) is 0 Å². The highest BCUT2D eigenvalue weighted by Crippen LogP contribution is 2.60. The second kappa shape index (κ2) is 15.6. The Balaban J connectivity index is 1.19. The maximum absolute atomic E-state index is 14.4. The molecule has 326 valence electrons. The van der Waals surface area contributed by atoms with Gasteiger partial charge in [0.15, 0.2) is 0 Å². The Bertz CT molecular complexity index is 2390. The van der Waals surface area contributed by atoms with E-state index in [1.54, 1.807) is 7.11 Å². The summed E-state index contributed by atoms with van der Waals surface area (Å²) in [4.78, 5) is 56.1. The largest absolute Gasteiger partial charge is 0.489 e. The fourth-order valence-corrected chi connectivity index (χ4v) is 9.99. The molecule has 1 aromatic carbocycles. The van der Waals surface area contributed by atoms with Crippen LogP contribution in [-0.4, -0.2) is 120 Å². The molecule has 0 radical (unpaired) electrons. The van der Waals surface area contributed by atoms with E-state index in [-0.39, 0.29) is 25.7 Å². The van der Waals surface area contributed by atoms with Crippen LogP contribution in [0.3, 0.4) is 0 Å². The van der Waals surface area contributed by atoms with Gasteiger partial charge in [0.1, 0.15) is 29.9 Å². The third-order valence-electron chi connectivity index (χ3n) is 13.2. The zero-order valence-corrected chi connectivity index (χ0v) is 36.4. The number of cyclic esters (lactones) is 1. The lowest BCUT2D eigenvalue weighted by atomic mass is 9.84. The molecule has 0 spiro atoms. The van der Waals surface area contributed by atoms with Crippen molar-refractivity contribution >= 4 is 45.7 Å². The van der Waals surface area contributed by atoms with Gasteiger partial charge in [-0.15, -0.1) is 11.3 Å². The van der Waals surface area contributed by atoms with Gasteiger partial charge >= 0.3 is 5.97 Å². The highest BCUT2D eigenvalue weighted by atomic mass is 32.1. The predicted octanol–water partition coefficient (Wildman–Crippen LogP) is 5.37. The number of nitrogens with zero attached hydrogens (tertiary/aromatic N) is 6. The van der Waals surface area contributed by atoms with Crippen molar-refractivity contribution in [1.29, 1.82) is 0 Å². The van der Waals surface area contributed by atoms with E-state index in [1.165, 1.54) is 23.3 Å². The summed E-state index contributed by atoms with van der Waals surface area (Å²) in [5.41, 5.74) is 7.88. The van der Waals surface area contributed by atoms with Crippen LogP contribution in [0.15, 0.2) is 29.8 Å². The van der Waals surface area contributed by atoms with Gasteiger partial charge in [-0.2, -0.15) is 0 Å². The summed E-state index contributed by atoms with van der Waals surface area (Å²) in [6, 6.07) is 4.33. The van der Waals surface area contributed by atoms with Gasteiger partial charge in [-0.25, -0.2) is 19.2 Å². The lowest BCUT2D eigenvalue weighted by Gasteiger charge is -2.35. The van der Waals surface area contributed by atoms with Gasteiger partial charge in [0.2, 0.25) is 5.91 Å². The fourth-order valence-electron chi connectivity index (χ4n) is 9.14. The topological polar surface area (TPSA) is 143 Å². The molecule has 2 N–H and O–H groups in total. The molecule has 17 heteroatoms. The first-order valence-electron chi connectivity index (χ1n) is 21.2. The molecule has 4 aliphatic heterocycles. The Kier molecular flexibility index (Phi) is 10.6. The maximum Gasteiger partial charge on any atom is 0.324 e. The van der Waals surface area contributed by atoms with Gasteiger partial charge in [-0.1, -0.05) is 13.8 Å². The molecule has 1 saturated carbocycles. The number of esters is 1. The number of fused-ring (bicyclic) bond motifs is 6. The standard InChI is InChI=1S/C44H54F2N8O6S/c1-25(58-6)36-29(18-27(21-47-36)52-12-10-51(5)11-13-52)37-30-20-42(2,3)24-60-40(56)31-8-7-9-54(50-31)39(55)32(49-41(57)43(4)23-44(43,45)46)19-35-48-33(22-61-35)26-16-28(30)38-34(17-26)59-15-14-53(37)38/h16-18,21-22,25,31-32,50H,7-15,19-20,23-24H2,1-6H3,(H,49,57)/t25-,31-,32-,43?/m0/s1. The molecule has 9 rings (SSSR count). The summed E-state index contributed by atoms with van der Waals surface area (Å²) < 4.78 is 49.6. The number of carbonyl (C=O) groups excluding carboxylic acids is 3. The molecule has 4 atom stereocenters. The van der Waals surface area contributed by atoms with Crippen LogP contribution in [0.2, 0.25) is 0 Å². The van der Waals surface area contributed by atoms with Crippen LogP contribution in [0.25, 0.3) is 33.4 Å². The van der Waals surface area contributed by atoms with E-state index < -0.39 is 53.0 Å². The van der Waals surface area contributed by atoms with E-state index in [2.05, 4.69) is 58.1 Å². The van der Waals surface area contributed by atoms with Crippen molar-refractivity contribution in [2.45, 2.75) is 90.5 Å². The Labute approximate surface area is 357 Å². The molecular formula is C44H54F2N8O6S. The van der Waals surface area contributed by atoms with E-state index in [4.69, 9.17) is 24.2 Å². The van der Waals surface area contributed by atoms with Crippen molar-refractivity contribution in [2.75, 3.05) is 65.0 Å². The van der Waals surface area contributed by atoms with Gasteiger partial charge in [-0.3, -0.25) is 24.4 Å². The molecule has 14 nitrogen and oxygen atoms in total. The Morgan fingerprint density at radius 1 is 1.08 bits per heavy atom. The van der Waals surface area contributed by atoms with Crippen LogP contribution in [0.5, 0.6) is 5.75 Å². The lowest BCUT2D eigenvalue weighted by Crippen LogP contribution is -2.61. The Hall–Kier alpha value is -4.71. The Morgan fingerprint density at radius 2 is 1.85 bits per heavy atom. The number of likely N-dealkylation sites (N-methyl/N-ethyl adjacent to an activating group) is 1. The second-order valence-corrected chi connectivity index (χ2v) is 19.3. The zero-order chi connectivity index (χ0) is 43.0. The number of alkyl halides is 2. The van der Waals surface area contributed by atoms with Gasteiger partial charge in [0, 0.05) is 80.0 Å². The minimum Gasteiger partial charge on any atom is -0.489 e. The molecule has 6 bridgehead atoms. The number of nitrogens with one attached hydrogen (secondary N) is 2. The predicted molar refractivity (Wildman–Crippen MR) is 227 cm³/mol. The average molecular weight is 861 g/mol. The summed E-state index contributed by atoms with van der Waals surface area (Å²) >= 11 is 1.33. The first-order valence-corrected chi connectivity index (χ1v) is 22.1. The number of hydrogen-bond donors (Lipinski definition) is 2. The van der Waals surface area contributed by atoms with Crippen LogP contribution in [-0.2, 0) is 43.2 Å². The van der Waals surface area contributed by atoms with Gasteiger partial charge in [0.25, 0.3) is 11.8 Å². The first kappa shape index (κ1) is 41.6. The van der Waals surface area contributed by atoms with Crippen molar-refractivity contribution in [2.24, 2.45) is 10.8 Å². The zero-order valence-electron chi connectivity index (χ0n) is 35.6. The van der Waals surface area contributed by atoms with E-state index in [9.17, 15) is 23.2 Å². The number of hydrazine groups is 1. The number of pyridine rings is 1. The normalized spacial score (nSPS) is 25.7. The number of methoxy groups -OCH3 is 1. The number of thiazole rings is 1. The van der Waals surface area contributed by atoms with Crippen LogP contribution in [0.1, 0.15) is 69.3 Å². The van der Waals surface area contributed by atoms with E-state index in [0.29, 0.717) is 48.9 Å². The number of aromatic nitrogens is 3. The van der Waals surface area contributed by atoms with Crippen LogP contribution >= 0.6 is 11.3 Å². The molecular weight excluding hydrogens is 807 g/mol. The number of rotatable bonds is 6. The molecule has 2 amide bonds. The third kappa shape index (κ3) is 7.65. The number of ether oxygens (including phenoxy) is 3. The van der Waals surface area contributed by atoms with Crippen LogP contribution < -0.4 is 20.4 Å². The number of halogens is 2. The molecule has 1 unspecified atom stereocenters. The molecule has 1 aliphatic carbocycles. The van der Waals surface area contributed by atoms with Gasteiger partial charge in [-0.05, 0) is 63.9 Å². The first-order chi connectivity index (χ1) is 29.1. The summed E-state index contributed by atoms with van der Waals surface area (Å²) in [6.07, 6.45) is 2.48. The quantitative estimate of drug-likeness (QED) is 0.242. The molecule has 7 heterocycles. The monoisotopic (exact) mass is 860 g/mol. The summed E-state index contributed by atoms with van der Waals surface area (Å²) in [7, 11) is 3.83. The minimum absolute atomic E-state index is 0.0349. The molecule has 2 saturated heterocycles. The second-order valence-electron chi connectivity index (χ2n) is 18.3. The average Bonchev–Trinajstić information content (AvgIpc) is 3.51. The maximum atomic E-state index is 14.4. The number of benzene rings is 1. The smallest absolute Gasteiger partial charge is 0.324 e. The summed E-state index contributed by atoms with van der Waals surface area (Å²) in [5, 5.41) is 7.37. The van der Waals surface area contributed by atoms with Crippen molar-refractivity contribution in [3.05, 3.63) is 46.0 Å². The highest BCUT2D eigenvalue weighted by molar-refractivity contribution is 7.10. The third-order valence-corrected chi connectivity index (χ3v) is 14.0.